The smallest absolute Gasteiger partial charge is 0.00965 e. The van der Waals surface area contributed by atoms with Gasteiger partial charge in [-0.15, -0.1) is 0 Å². The highest BCUT2D eigenvalue weighted by Gasteiger charge is 2.29. The Morgan fingerprint density at radius 1 is 1.31 bits per heavy atom. The number of hydrogen-bond acceptors (Lipinski definition) is 2. The van der Waals surface area contributed by atoms with Crippen molar-refractivity contribution in [3.63, 3.8) is 0 Å². The van der Waals surface area contributed by atoms with Crippen LogP contribution in [-0.4, -0.2) is 30.6 Å². The number of hydrogen-bond donors (Lipinski definition) is 1. The van der Waals surface area contributed by atoms with Crippen LogP contribution in [0.5, 0.6) is 0 Å². The first-order valence-corrected chi connectivity index (χ1v) is 7.11. The van der Waals surface area contributed by atoms with E-state index in [1.54, 1.807) is 0 Å². The minimum atomic E-state index is 0.706. The van der Waals surface area contributed by atoms with Crippen LogP contribution in [0.25, 0.3) is 0 Å². The number of nitrogens with two attached hydrogens (primary N) is 1. The zero-order chi connectivity index (χ0) is 12.0. The molecule has 2 heteroatoms. The van der Waals surface area contributed by atoms with Crippen LogP contribution in [-0.2, 0) is 0 Å². The van der Waals surface area contributed by atoms with Gasteiger partial charge in [-0.3, -0.25) is 0 Å². The van der Waals surface area contributed by atoms with Crippen LogP contribution in [0.4, 0.5) is 0 Å². The Bertz CT molecular complexity index is 176. The van der Waals surface area contributed by atoms with Crippen molar-refractivity contribution in [2.45, 2.75) is 58.9 Å². The van der Waals surface area contributed by atoms with E-state index < -0.39 is 0 Å². The Hall–Kier alpha value is -0.0800. The monoisotopic (exact) mass is 226 g/mol. The summed E-state index contributed by atoms with van der Waals surface area (Å²) in [5, 5.41) is 0. The summed E-state index contributed by atoms with van der Waals surface area (Å²) >= 11 is 0. The van der Waals surface area contributed by atoms with E-state index in [1.165, 1.54) is 45.2 Å². The third-order valence-electron chi connectivity index (χ3n) is 3.49. The molecule has 0 bridgehead atoms. The van der Waals surface area contributed by atoms with Crippen LogP contribution in [0, 0.1) is 11.8 Å². The van der Waals surface area contributed by atoms with Crippen molar-refractivity contribution >= 4 is 0 Å². The van der Waals surface area contributed by atoms with Gasteiger partial charge in [-0.1, -0.05) is 27.2 Å². The molecule has 0 spiro atoms. The molecular weight excluding hydrogens is 196 g/mol. The van der Waals surface area contributed by atoms with Gasteiger partial charge < -0.3 is 10.6 Å². The third-order valence-corrected chi connectivity index (χ3v) is 3.49. The lowest BCUT2D eigenvalue weighted by Crippen LogP contribution is -2.35. The first-order valence-electron chi connectivity index (χ1n) is 7.11. The first kappa shape index (κ1) is 14.0. The van der Waals surface area contributed by atoms with Crippen LogP contribution in [0.3, 0.4) is 0 Å². The molecule has 16 heavy (non-hydrogen) atoms. The molecule has 1 aliphatic rings. The third kappa shape index (κ3) is 5.31. The van der Waals surface area contributed by atoms with E-state index in [0.29, 0.717) is 5.92 Å². The van der Waals surface area contributed by atoms with Crippen molar-refractivity contribution in [3.05, 3.63) is 0 Å². The topological polar surface area (TPSA) is 29.3 Å². The number of rotatable bonds is 9. The highest BCUT2D eigenvalue weighted by molar-refractivity contribution is 4.85. The maximum atomic E-state index is 5.89. The summed E-state index contributed by atoms with van der Waals surface area (Å²) in [5.41, 5.74) is 5.89. The number of unbranched alkanes of at least 4 members (excludes halogenated alkanes) is 1. The predicted molar refractivity (Wildman–Crippen MR) is 71.5 cm³/mol. The van der Waals surface area contributed by atoms with Crippen molar-refractivity contribution in [1.82, 2.24) is 4.90 Å². The summed E-state index contributed by atoms with van der Waals surface area (Å²) < 4.78 is 0. The molecule has 0 amide bonds. The van der Waals surface area contributed by atoms with E-state index in [2.05, 4.69) is 25.7 Å². The van der Waals surface area contributed by atoms with Crippen molar-refractivity contribution in [2.75, 3.05) is 19.6 Å². The number of nitrogens with zero attached hydrogens (tertiary/aromatic N) is 1. The molecule has 2 nitrogen and oxygen atoms in total. The summed E-state index contributed by atoms with van der Waals surface area (Å²) in [7, 11) is 0. The lowest BCUT2D eigenvalue weighted by molar-refractivity contribution is 0.206. The van der Waals surface area contributed by atoms with Crippen molar-refractivity contribution in [2.24, 2.45) is 17.6 Å². The second-order valence-electron chi connectivity index (χ2n) is 5.81. The van der Waals surface area contributed by atoms with Gasteiger partial charge in [-0.25, -0.2) is 0 Å². The van der Waals surface area contributed by atoms with E-state index in [4.69, 9.17) is 5.73 Å². The van der Waals surface area contributed by atoms with Gasteiger partial charge in [0.1, 0.15) is 0 Å². The summed E-state index contributed by atoms with van der Waals surface area (Å²) in [6.45, 7) is 10.3. The molecule has 0 aliphatic heterocycles. The molecule has 0 aromatic rings. The first-order chi connectivity index (χ1) is 7.67. The molecule has 1 aliphatic carbocycles. The molecule has 0 saturated heterocycles. The fourth-order valence-corrected chi connectivity index (χ4v) is 2.47. The second kappa shape index (κ2) is 7.29. The van der Waals surface area contributed by atoms with Crippen LogP contribution in [0.2, 0.25) is 0 Å². The maximum Gasteiger partial charge on any atom is 0.00965 e. The maximum absolute atomic E-state index is 5.89. The van der Waals surface area contributed by atoms with Crippen molar-refractivity contribution in [3.8, 4) is 0 Å². The standard InChI is InChI=1S/C14H30N2/c1-4-5-8-16(14-6-7-14)11-13(10-15)9-12(2)3/h12-14H,4-11,15H2,1-3H3. The summed E-state index contributed by atoms with van der Waals surface area (Å²) in [6.07, 6.45) is 6.77. The minimum absolute atomic E-state index is 0.706. The van der Waals surface area contributed by atoms with Crippen LogP contribution in [0.1, 0.15) is 52.9 Å². The fraction of sp³-hybridized carbons (Fsp3) is 1.00. The van der Waals surface area contributed by atoms with Crippen LogP contribution < -0.4 is 5.73 Å². The minimum Gasteiger partial charge on any atom is -0.330 e. The molecule has 0 aromatic heterocycles. The van der Waals surface area contributed by atoms with E-state index in [9.17, 15) is 0 Å². The van der Waals surface area contributed by atoms with Crippen molar-refractivity contribution in [1.29, 1.82) is 0 Å². The Kier molecular flexibility index (Phi) is 6.37. The van der Waals surface area contributed by atoms with E-state index in [0.717, 1.165) is 18.5 Å². The largest absolute Gasteiger partial charge is 0.330 e. The Morgan fingerprint density at radius 3 is 2.44 bits per heavy atom. The summed E-state index contributed by atoms with van der Waals surface area (Å²) in [4.78, 5) is 2.70. The second-order valence-corrected chi connectivity index (χ2v) is 5.81. The molecule has 0 aromatic carbocycles. The fourth-order valence-electron chi connectivity index (χ4n) is 2.47. The Morgan fingerprint density at radius 2 is 2.00 bits per heavy atom. The van der Waals surface area contributed by atoms with E-state index in [-0.39, 0.29) is 0 Å². The highest BCUT2D eigenvalue weighted by Crippen LogP contribution is 2.28. The lowest BCUT2D eigenvalue weighted by atomic mass is 9.96. The van der Waals surface area contributed by atoms with Gasteiger partial charge in [0.25, 0.3) is 0 Å². The van der Waals surface area contributed by atoms with Crippen LogP contribution in [0.15, 0.2) is 0 Å². The van der Waals surface area contributed by atoms with Crippen molar-refractivity contribution < 1.29 is 0 Å². The molecule has 1 fully saturated rings. The van der Waals surface area contributed by atoms with Gasteiger partial charge in [0.05, 0.1) is 0 Å². The summed E-state index contributed by atoms with van der Waals surface area (Å²) in [6, 6.07) is 0.896. The highest BCUT2D eigenvalue weighted by atomic mass is 15.2. The summed E-state index contributed by atoms with van der Waals surface area (Å²) in [5.74, 6) is 1.48. The normalized spacial score (nSPS) is 18.4. The Labute approximate surface area is 102 Å². The molecule has 0 heterocycles. The quantitative estimate of drug-likeness (QED) is 0.655. The average molecular weight is 226 g/mol. The van der Waals surface area contributed by atoms with Gasteiger partial charge in [0.15, 0.2) is 0 Å². The zero-order valence-electron chi connectivity index (χ0n) is 11.4. The molecular formula is C14H30N2. The van der Waals surface area contributed by atoms with Gasteiger partial charge in [-0.2, -0.15) is 0 Å². The molecule has 1 rings (SSSR count). The molecule has 96 valence electrons. The van der Waals surface area contributed by atoms with E-state index in [1.807, 2.05) is 0 Å². The van der Waals surface area contributed by atoms with Gasteiger partial charge in [0, 0.05) is 12.6 Å². The van der Waals surface area contributed by atoms with Crippen LogP contribution >= 0.6 is 0 Å². The molecule has 1 atom stereocenters. The predicted octanol–water partition coefficient (Wildman–Crippen LogP) is 2.87. The molecule has 1 unspecified atom stereocenters. The van der Waals surface area contributed by atoms with Gasteiger partial charge in [-0.05, 0) is 50.6 Å². The molecule has 2 N–H and O–H groups in total. The van der Waals surface area contributed by atoms with Gasteiger partial charge >= 0.3 is 0 Å². The molecule has 0 radical (unpaired) electrons. The van der Waals surface area contributed by atoms with E-state index >= 15 is 0 Å². The Balaban J connectivity index is 2.32. The van der Waals surface area contributed by atoms with Gasteiger partial charge in [0.2, 0.25) is 0 Å². The molecule has 1 saturated carbocycles. The average Bonchev–Trinajstić information content (AvgIpc) is 3.05. The SMILES string of the molecule is CCCCN(CC(CN)CC(C)C)C1CC1. The lowest BCUT2D eigenvalue weighted by Gasteiger charge is -2.27. The zero-order valence-corrected chi connectivity index (χ0v) is 11.4.